The van der Waals surface area contributed by atoms with E-state index in [1.807, 2.05) is 24.3 Å². The van der Waals surface area contributed by atoms with E-state index in [0.29, 0.717) is 5.92 Å². The summed E-state index contributed by atoms with van der Waals surface area (Å²) >= 11 is 3.40. The van der Waals surface area contributed by atoms with Crippen LogP contribution in [0.5, 0.6) is 0 Å². The molecule has 0 aromatic heterocycles. The van der Waals surface area contributed by atoms with Crippen LogP contribution < -0.4 is 10.9 Å². The Morgan fingerprint density at radius 2 is 1.86 bits per heavy atom. The van der Waals surface area contributed by atoms with Gasteiger partial charge in [-0.3, -0.25) is 0 Å². The minimum absolute atomic E-state index is 0.691. The maximum atomic E-state index is 5.91. The summed E-state index contributed by atoms with van der Waals surface area (Å²) in [7, 11) is 0. The summed E-state index contributed by atoms with van der Waals surface area (Å²) in [6.45, 7) is 5.31. The van der Waals surface area contributed by atoms with Gasteiger partial charge in [0.25, 0.3) is 0 Å². The number of anilines is 1. The zero-order valence-corrected chi connectivity index (χ0v) is 10.3. The molecular weight excluding hydrogens is 240 g/mol. The highest BCUT2D eigenvalue weighted by Crippen LogP contribution is 2.16. The van der Waals surface area contributed by atoms with Crippen molar-refractivity contribution < 1.29 is 0 Å². The van der Waals surface area contributed by atoms with Gasteiger partial charge in [-0.15, -0.1) is 0 Å². The van der Waals surface area contributed by atoms with Gasteiger partial charge in [-0.2, -0.15) is 0 Å². The monoisotopic (exact) mass is 256 g/mol. The van der Waals surface area contributed by atoms with E-state index in [9.17, 15) is 0 Å². The summed E-state index contributed by atoms with van der Waals surface area (Å²) in [6.07, 6.45) is 1.12. The number of hydrazine groups is 1. The van der Waals surface area contributed by atoms with Gasteiger partial charge in [-0.05, 0) is 36.6 Å². The van der Waals surface area contributed by atoms with Crippen LogP contribution in [0.15, 0.2) is 28.7 Å². The van der Waals surface area contributed by atoms with Crippen molar-refractivity contribution in [2.75, 3.05) is 11.6 Å². The number of rotatable bonds is 4. The van der Waals surface area contributed by atoms with E-state index < -0.39 is 0 Å². The quantitative estimate of drug-likeness (QED) is 0.663. The zero-order valence-electron chi connectivity index (χ0n) is 8.70. The number of benzene rings is 1. The summed E-state index contributed by atoms with van der Waals surface area (Å²) in [6, 6.07) is 8.05. The second-order valence-corrected chi connectivity index (χ2v) is 4.77. The first kappa shape index (κ1) is 11.5. The number of hydrogen-bond donors (Lipinski definition) is 1. The molecule has 0 unspecified atom stereocenters. The third-order valence-corrected chi connectivity index (χ3v) is 2.63. The molecule has 1 rings (SSSR count). The Labute approximate surface area is 94.2 Å². The summed E-state index contributed by atoms with van der Waals surface area (Å²) in [4.78, 5) is 0. The molecule has 0 radical (unpaired) electrons. The van der Waals surface area contributed by atoms with Gasteiger partial charge in [0.05, 0.1) is 5.69 Å². The molecule has 0 saturated carbocycles. The summed E-state index contributed by atoms with van der Waals surface area (Å²) in [5.74, 6) is 6.60. The van der Waals surface area contributed by atoms with E-state index in [1.165, 1.54) is 0 Å². The molecule has 2 nitrogen and oxygen atoms in total. The van der Waals surface area contributed by atoms with Crippen molar-refractivity contribution in [1.29, 1.82) is 0 Å². The molecule has 0 aliphatic carbocycles. The lowest BCUT2D eigenvalue weighted by Gasteiger charge is -2.19. The minimum atomic E-state index is 0.691. The van der Waals surface area contributed by atoms with Crippen molar-refractivity contribution in [1.82, 2.24) is 0 Å². The molecular formula is C11H17BrN2. The van der Waals surface area contributed by atoms with Crippen LogP contribution in [0.3, 0.4) is 0 Å². The van der Waals surface area contributed by atoms with E-state index in [2.05, 4.69) is 29.8 Å². The van der Waals surface area contributed by atoms with Crippen molar-refractivity contribution in [3.63, 3.8) is 0 Å². The Morgan fingerprint density at radius 3 is 2.36 bits per heavy atom. The van der Waals surface area contributed by atoms with E-state index in [-0.39, 0.29) is 0 Å². The maximum Gasteiger partial charge on any atom is 0.0517 e. The zero-order chi connectivity index (χ0) is 10.6. The molecule has 78 valence electrons. The van der Waals surface area contributed by atoms with Crippen molar-refractivity contribution in [2.45, 2.75) is 20.3 Å². The highest BCUT2D eigenvalue weighted by Gasteiger charge is 2.02. The minimum Gasteiger partial charge on any atom is -0.311 e. The van der Waals surface area contributed by atoms with E-state index in [4.69, 9.17) is 5.84 Å². The third kappa shape index (κ3) is 3.68. The lowest BCUT2D eigenvalue weighted by Crippen LogP contribution is -2.32. The Kier molecular flexibility index (Phi) is 4.42. The van der Waals surface area contributed by atoms with Crippen molar-refractivity contribution >= 4 is 21.6 Å². The molecule has 3 heteroatoms. The Morgan fingerprint density at radius 1 is 1.29 bits per heavy atom. The molecule has 2 N–H and O–H groups in total. The molecule has 14 heavy (non-hydrogen) atoms. The van der Waals surface area contributed by atoms with Crippen LogP contribution >= 0.6 is 15.9 Å². The molecule has 0 aliphatic rings. The van der Waals surface area contributed by atoms with Crippen LogP contribution in [-0.4, -0.2) is 6.54 Å². The first-order valence-corrected chi connectivity index (χ1v) is 5.66. The van der Waals surface area contributed by atoms with Crippen LogP contribution in [0.4, 0.5) is 5.69 Å². The van der Waals surface area contributed by atoms with Crippen LogP contribution in [0.2, 0.25) is 0 Å². The van der Waals surface area contributed by atoms with Gasteiger partial charge in [0.1, 0.15) is 0 Å². The molecule has 1 aromatic rings. The maximum absolute atomic E-state index is 5.91. The number of nitrogens with zero attached hydrogens (tertiary/aromatic N) is 1. The predicted octanol–water partition coefficient (Wildman–Crippen LogP) is 3.18. The molecule has 0 spiro atoms. The van der Waals surface area contributed by atoms with Gasteiger partial charge in [-0.25, -0.2) is 5.84 Å². The third-order valence-electron chi connectivity index (χ3n) is 2.11. The van der Waals surface area contributed by atoms with E-state index in [1.54, 1.807) is 5.01 Å². The Balaban J connectivity index is 2.52. The van der Waals surface area contributed by atoms with Crippen LogP contribution in [-0.2, 0) is 0 Å². The number of nitrogens with two attached hydrogens (primary N) is 1. The summed E-state index contributed by atoms with van der Waals surface area (Å²) in [5.41, 5.74) is 1.06. The van der Waals surface area contributed by atoms with Gasteiger partial charge in [-0.1, -0.05) is 29.8 Å². The lowest BCUT2D eigenvalue weighted by atomic mass is 10.1. The molecule has 0 heterocycles. The lowest BCUT2D eigenvalue weighted by molar-refractivity contribution is 0.577. The molecule has 0 fully saturated rings. The normalized spacial score (nSPS) is 10.6. The van der Waals surface area contributed by atoms with Crippen LogP contribution in [0, 0.1) is 5.92 Å². The summed E-state index contributed by atoms with van der Waals surface area (Å²) < 4.78 is 1.08. The average Bonchev–Trinajstić information content (AvgIpc) is 2.15. The molecule has 0 amide bonds. The average molecular weight is 257 g/mol. The fraction of sp³-hybridized carbons (Fsp3) is 0.455. The SMILES string of the molecule is CC(C)CCN(N)c1ccc(Br)cc1. The second kappa shape index (κ2) is 5.37. The molecule has 0 aliphatic heterocycles. The number of halogens is 1. The molecule has 0 bridgehead atoms. The van der Waals surface area contributed by atoms with Gasteiger partial charge < -0.3 is 5.01 Å². The highest BCUT2D eigenvalue weighted by molar-refractivity contribution is 9.10. The van der Waals surface area contributed by atoms with Gasteiger partial charge in [0.2, 0.25) is 0 Å². The second-order valence-electron chi connectivity index (χ2n) is 3.85. The summed E-state index contributed by atoms with van der Waals surface area (Å²) in [5, 5.41) is 1.80. The van der Waals surface area contributed by atoms with Crippen LogP contribution in [0.1, 0.15) is 20.3 Å². The largest absolute Gasteiger partial charge is 0.311 e. The topological polar surface area (TPSA) is 29.3 Å². The van der Waals surface area contributed by atoms with Gasteiger partial charge in [0.15, 0.2) is 0 Å². The van der Waals surface area contributed by atoms with E-state index in [0.717, 1.165) is 23.1 Å². The number of hydrogen-bond acceptors (Lipinski definition) is 2. The predicted molar refractivity (Wildman–Crippen MR) is 65.1 cm³/mol. The van der Waals surface area contributed by atoms with Crippen molar-refractivity contribution in [3.05, 3.63) is 28.7 Å². The van der Waals surface area contributed by atoms with E-state index >= 15 is 0 Å². The first-order chi connectivity index (χ1) is 6.59. The van der Waals surface area contributed by atoms with Crippen molar-refractivity contribution in [3.8, 4) is 0 Å². The van der Waals surface area contributed by atoms with Gasteiger partial charge in [0, 0.05) is 11.0 Å². The van der Waals surface area contributed by atoms with Gasteiger partial charge >= 0.3 is 0 Å². The Bertz CT molecular complexity index is 269. The molecule has 0 saturated heterocycles. The smallest absolute Gasteiger partial charge is 0.0517 e. The first-order valence-electron chi connectivity index (χ1n) is 4.87. The molecule has 1 aromatic carbocycles. The fourth-order valence-electron chi connectivity index (χ4n) is 1.16. The fourth-order valence-corrected chi connectivity index (χ4v) is 1.42. The standard InChI is InChI=1S/C11H17BrN2/c1-9(2)7-8-14(13)11-5-3-10(12)4-6-11/h3-6,9H,7-8,13H2,1-2H3. The highest BCUT2D eigenvalue weighted by atomic mass is 79.9. The molecule has 0 atom stereocenters. The Hall–Kier alpha value is -0.540. The van der Waals surface area contributed by atoms with Crippen LogP contribution in [0.25, 0.3) is 0 Å². The van der Waals surface area contributed by atoms with Crippen molar-refractivity contribution in [2.24, 2.45) is 11.8 Å².